The molecule has 1 saturated carbocycles. The Kier molecular flexibility index (Phi) is 3.82. The Balaban J connectivity index is 2.10. The Labute approximate surface area is 144 Å². The summed E-state index contributed by atoms with van der Waals surface area (Å²) in [5, 5.41) is 0. The molecule has 0 aromatic rings. The number of carbonyl (C=O) groups is 3. The van der Waals surface area contributed by atoms with Crippen molar-refractivity contribution < 1.29 is 19.1 Å². The van der Waals surface area contributed by atoms with Crippen molar-refractivity contribution in [2.24, 2.45) is 22.7 Å². The molecule has 1 heterocycles. The standard InChI is InChI=1S/C20H28O4/c1-12(2)13-6-9-20(16(22)10-13)19(5)8-7-15(21)18(3,4)14(19)11-17(23)24-20/h10,12,14H,6-9,11H2,1-5H3. The number of carbonyl (C=O) groups excluding carboxylic acids is 3. The third-order valence-electron chi connectivity index (χ3n) is 7.03. The summed E-state index contributed by atoms with van der Waals surface area (Å²) in [6, 6.07) is 0. The molecule has 0 amide bonds. The molecule has 3 aliphatic rings. The molecule has 1 saturated heterocycles. The highest BCUT2D eigenvalue weighted by atomic mass is 16.6. The minimum absolute atomic E-state index is 0.0804. The molecular weight excluding hydrogens is 304 g/mol. The first kappa shape index (κ1) is 17.4. The van der Waals surface area contributed by atoms with Crippen LogP contribution in [0, 0.1) is 22.7 Å². The molecule has 4 nitrogen and oxygen atoms in total. The van der Waals surface area contributed by atoms with Crippen LogP contribution >= 0.6 is 0 Å². The van der Waals surface area contributed by atoms with Crippen LogP contribution in [0.4, 0.5) is 0 Å². The second-order valence-electron chi connectivity index (χ2n) is 8.86. The number of hydrogen-bond acceptors (Lipinski definition) is 4. The summed E-state index contributed by atoms with van der Waals surface area (Å²) in [5.74, 6) is -0.0568. The van der Waals surface area contributed by atoms with Crippen LogP contribution in [0.5, 0.6) is 0 Å². The van der Waals surface area contributed by atoms with Gasteiger partial charge < -0.3 is 4.74 Å². The number of ether oxygens (including phenoxy) is 1. The van der Waals surface area contributed by atoms with Crippen LogP contribution in [0.1, 0.15) is 66.7 Å². The van der Waals surface area contributed by atoms with Crippen molar-refractivity contribution in [2.45, 2.75) is 72.3 Å². The smallest absolute Gasteiger partial charge is 0.307 e. The van der Waals surface area contributed by atoms with Crippen molar-refractivity contribution in [3.8, 4) is 0 Å². The van der Waals surface area contributed by atoms with E-state index in [2.05, 4.69) is 20.8 Å². The van der Waals surface area contributed by atoms with Crippen LogP contribution in [-0.2, 0) is 19.1 Å². The Morgan fingerprint density at radius 3 is 2.33 bits per heavy atom. The fourth-order valence-electron chi connectivity index (χ4n) is 5.27. The third-order valence-corrected chi connectivity index (χ3v) is 7.03. The quantitative estimate of drug-likeness (QED) is 0.688. The first-order valence-electron chi connectivity index (χ1n) is 9.04. The molecule has 2 aliphatic carbocycles. The van der Waals surface area contributed by atoms with E-state index in [1.165, 1.54) is 0 Å². The van der Waals surface area contributed by atoms with Gasteiger partial charge in [0.05, 0.1) is 0 Å². The average Bonchev–Trinajstić information content (AvgIpc) is 2.49. The Morgan fingerprint density at radius 2 is 1.75 bits per heavy atom. The predicted octanol–water partition coefficient (Wildman–Crippen LogP) is 3.63. The molecule has 0 aromatic heterocycles. The van der Waals surface area contributed by atoms with Crippen LogP contribution in [0.3, 0.4) is 0 Å². The summed E-state index contributed by atoms with van der Waals surface area (Å²) in [4.78, 5) is 38.0. The number of Topliss-reactive ketones (excluding diaryl/α,β-unsaturated/α-hetero) is 1. The summed E-state index contributed by atoms with van der Waals surface area (Å²) in [6.45, 7) is 10.1. The summed E-state index contributed by atoms with van der Waals surface area (Å²) in [6.07, 6.45) is 4.31. The maximum absolute atomic E-state index is 13.1. The largest absolute Gasteiger partial charge is 0.450 e. The summed E-state index contributed by atoms with van der Waals surface area (Å²) < 4.78 is 5.81. The van der Waals surface area contributed by atoms with E-state index in [1.54, 1.807) is 6.08 Å². The zero-order valence-electron chi connectivity index (χ0n) is 15.4. The van der Waals surface area contributed by atoms with E-state index in [-0.39, 0.29) is 29.9 Å². The summed E-state index contributed by atoms with van der Waals surface area (Å²) in [7, 11) is 0. The summed E-state index contributed by atoms with van der Waals surface area (Å²) >= 11 is 0. The van der Waals surface area contributed by atoms with E-state index in [1.807, 2.05) is 13.8 Å². The van der Waals surface area contributed by atoms with Gasteiger partial charge >= 0.3 is 5.97 Å². The van der Waals surface area contributed by atoms with Gasteiger partial charge in [-0.2, -0.15) is 0 Å². The molecule has 1 aliphatic heterocycles. The van der Waals surface area contributed by atoms with Crippen molar-refractivity contribution in [1.29, 1.82) is 0 Å². The van der Waals surface area contributed by atoms with Gasteiger partial charge in [-0.25, -0.2) is 0 Å². The van der Waals surface area contributed by atoms with E-state index in [4.69, 9.17) is 4.74 Å². The van der Waals surface area contributed by atoms with E-state index in [9.17, 15) is 14.4 Å². The van der Waals surface area contributed by atoms with Crippen molar-refractivity contribution in [1.82, 2.24) is 0 Å². The number of fused-ring (bicyclic) bond motifs is 2. The van der Waals surface area contributed by atoms with Crippen molar-refractivity contribution in [3.63, 3.8) is 0 Å². The second-order valence-corrected chi connectivity index (χ2v) is 8.86. The van der Waals surface area contributed by atoms with Gasteiger partial charge in [0.1, 0.15) is 5.78 Å². The molecule has 4 heteroatoms. The van der Waals surface area contributed by atoms with Crippen LogP contribution in [0.2, 0.25) is 0 Å². The Bertz CT molecular complexity index is 642. The van der Waals surface area contributed by atoms with Gasteiger partial charge in [0.15, 0.2) is 11.4 Å². The Morgan fingerprint density at radius 1 is 1.08 bits per heavy atom. The molecule has 3 rings (SSSR count). The lowest BCUT2D eigenvalue weighted by Gasteiger charge is -2.60. The first-order chi connectivity index (χ1) is 11.0. The molecule has 132 valence electrons. The fraction of sp³-hybridized carbons (Fsp3) is 0.750. The van der Waals surface area contributed by atoms with E-state index >= 15 is 0 Å². The molecule has 24 heavy (non-hydrogen) atoms. The van der Waals surface area contributed by atoms with Gasteiger partial charge in [0, 0.05) is 23.7 Å². The van der Waals surface area contributed by atoms with Crippen LogP contribution in [-0.4, -0.2) is 23.1 Å². The lowest BCUT2D eigenvalue weighted by atomic mass is 9.46. The first-order valence-corrected chi connectivity index (χ1v) is 9.04. The van der Waals surface area contributed by atoms with Crippen molar-refractivity contribution in [2.75, 3.05) is 0 Å². The second kappa shape index (κ2) is 5.27. The van der Waals surface area contributed by atoms with Gasteiger partial charge in [-0.05, 0) is 37.2 Å². The van der Waals surface area contributed by atoms with Gasteiger partial charge in [0.2, 0.25) is 0 Å². The minimum Gasteiger partial charge on any atom is -0.450 e. The SMILES string of the molecule is CC(C)C1=CC(=O)C2(CC1)OC(=O)CC1C(C)(C)C(=O)CCC12C. The van der Waals surface area contributed by atoms with Gasteiger partial charge in [-0.15, -0.1) is 0 Å². The molecule has 3 unspecified atom stereocenters. The zero-order chi connectivity index (χ0) is 17.9. The number of allylic oxidation sites excluding steroid dienone is 1. The Hall–Kier alpha value is -1.45. The zero-order valence-corrected chi connectivity index (χ0v) is 15.4. The maximum Gasteiger partial charge on any atom is 0.307 e. The highest BCUT2D eigenvalue weighted by Crippen LogP contribution is 2.61. The molecule has 1 spiro atoms. The minimum atomic E-state index is -1.09. The molecule has 2 fully saturated rings. The highest BCUT2D eigenvalue weighted by Gasteiger charge is 2.67. The predicted molar refractivity (Wildman–Crippen MR) is 90.2 cm³/mol. The molecule has 0 aromatic carbocycles. The average molecular weight is 332 g/mol. The van der Waals surface area contributed by atoms with E-state index in [0.29, 0.717) is 25.2 Å². The topological polar surface area (TPSA) is 60.4 Å². The molecule has 0 bridgehead atoms. The van der Waals surface area contributed by atoms with Gasteiger partial charge in [0.25, 0.3) is 0 Å². The van der Waals surface area contributed by atoms with Crippen molar-refractivity contribution >= 4 is 17.5 Å². The normalized spacial score (nSPS) is 38.8. The lowest BCUT2D eigenvalue weighted by Crippen LogP contribution is -2.67. The number of ketones is 2. The molecular formula is C20H28O4. The lowest BCUT2D eigenvalue weighted by molar-refractivity contribution is -0.221. The van der Waals surface area contributed by atoms with Crippen molar-refractivity contribution in [3.05, 3.63) is 11.6 Å². The van der Waals surface area contributed by atoms with Gasteiger partial charge in [-0.3, -0.25) is 14.4 Å². The highest BCUT2D eigenvalue weighted by molar-refractivity contribution is 6.02. The van der Waals surface area contributed by atoms with Gasteiger partial charge in [-0.1, -0.05) is 40.2 Å². The molecule has 0 radical (unpaired) electrons. The number of hydrogen-bond donors (Lipinski definition) is 0. The van der Waals surface area contributed by atoms with Crippen LogP contribution in [0.25, 0.3) is 0 Å². The van der Waals surface area contributed by atoms with E-state index in [0.717, 1.165) is 12.0 Å². The molecule has 0 N–H and O–H groups in total. The maximum atomic E-state index is 13.1. The monoisotopic (exact) mass is 332 g/mol. The fourth-order valence-corrected chi connectivity index (χ4v) is 5.27. The number of rotatable bonds is 1. The number of esters is 1. The third kappa shape index (κ3) is 2.14. The van der Waals surface area contributed by atoms with Crippen LogP contribution < -0.4 is 0 Å². The molecule has 3 atom stereocenters. The van der Waals surface area contributed by atoms with Crippen LogP contribution in [0.15, 0.2) is 11.6 Å². The summed E-state index contributed by atoms with van der Waals surface area (Å²) in [5.41, 5.74) is -1.04. The van der Waals surface area contributed by atoms with E-state index < -0.39 is 16.4 Å².